The van der Waals surface area contributed by atoms with Crippen LogP contribution in [0.2, 0.25) is 0 Å². The van der Waals surface area contributed by atoms with E-state index in [9.17, 15) is 14.0 Å². The molecule has 0 radical (unpaired) electrons. The van der Waals surface area contributed by atoms with Crippen LogP contribution in [0.15, 0.2) is 84.0 Å². The Hall–Kier alpha value is -4.79. The number of halogens is 1. The molecule has 3 aromatic heterocycles. The van der Waals surface area contributed by atoms with Gasteiger partial charge >= 0.3 is 0 Å². The van der Waals surface area contributed by atoms with Crippen molar-refractivity contribution in [3.63, 3.8) is 0 Å². The molecule has 1 saturated carbocycles. The number of hydrogen-bond acceptors (Lipinski definition) is 5. The molecule has 39 heavy (non-hydrogen) atoms. The molecule has 6 rings (SSSR count). The molecule has 1 aliphatic carbocycles. The van der Waals surface area contributed by atoms with Crippen molar-refractivity contribution in [3.8, 4) is 16.8 Å². The number of rotatable bonds is 5. The maximum Gasteiger partial charge on any atom is 0.267 e. The minimum atomic E-state index is -0.532. The lowest BCUT2D eigenvalue weighted by molar-refractivity contribution is 0.102. The first-order valence-corrected chi connectivity index (χ1v) is 13.0. The predicted molar refractivity (Wildman–Crippen MR) is 149 cm³/mol. The largest absolute Gasteiger partial charge is 0.382 e. The maximum atomic E-state index is 13.3. The number of nitrogens with zero attached hydrogens (tertiary/aromatic N) is 4. The zero-order chi connectivity index (χ0) is 26.9. The number of hydrogen-bond donors (Lipinski definition) is 2. The first kappa shape index (κ1) is 24.5. The van der Waals surface area contributed by atoms with Gasteiger partial charge in [-0.05, 0) is 73.0 Å². The van der Waals surface area contributed by atoms with Crippen LogP contribution in [-0.4, -0.2) is 25.1 Å². The highest BCUT2D eigenvalue weighted by molar-refractivity contribution is 6.04. The topological polar surface area (TPSA) is 107 Å². The molecule has 2 aromatic carbocycles. The van der Waals surface area contributed by atoms with E-state index in [0.29, 0.717) is 23.1 Å². The quantitative estimate of drug-likeness (QED) is 0.314. The molecular formula is C30H27FN6O2. The fourth-order valence-electron chi connectivity index (χ4n) is 5.40. The molecule has 3 N–H and O–H groups in total. The zero-order valence-corrected chi connectivity index (χ0v) is 21.2. The van der Waals surface area contributed by atoms with Gasteiger partial charge in [-0.15, -0.1) is 0 Å². The standard InChI is InChI=1S/C30H27FN6O2/c31-21-10-14-23(15-11-21)36-16-4-7-24(30(36)39)29(38)35-22-12-8-19(9-13-22)25-17-26(20-5-2-1-3-6-20)37-27(25)28(32)33-18-34-37/h4,7-18,20H,1-3,5-6H2,(H,35,38)(H2,32,33,34). The molecule has 1 amide bonds. The third kappa shape index (κ3) is 4.67. The number of nitrogen functional groups attached to an aromatic ring is 1. The number of benzene rings is 2. The van der Waals surface area contributed by atoms with Gasteiger partial charge in [0, 0.05) is 34.7 Å². The van der Waals surface area contributed by atoms with Crippen LogP contribution < -0.4 is 16.6 Å². The molecule has 9 heteroatoms. The first-order valence-electron chi connectivity index (χ1n) is 13.0. The molecule has 0 bridgehead atoms. The normalized spacial score (nSPS) is 14.0. The fraction of sp³-hybridized carbons (Fsp3) is 0.200. The Bertz CT molecular complexity index is 1720. The molecule has 0 atom stereocenters. The SMILES string of the molecule is Nc1ncnn2c(C3CCCCC3)cc(-c3ccc(NC(=O)c4cccn(-c5ccc(F)cc5)c4=O)cc3)c12. The van der Waals surface area contributed by atoms with E-state index < -0.39 is 17.3 Å². The Morgan fingerprint density at radius 3 is 2.49 bits per heavy atom. The molecule has 1 aliphatic rings. The predicted octanol–water partition coefficient (Wildman–Crippen LogP) is 5.57. The zero-order valence-electron chi connectivity index (χ0n) is 21.2. The highest BCUT2D eigenvalue weighted by Crippen LogP contribution is 2.38. The molecule has 8 nitrogen and oxygen atoms in total. The maximum absolute atomic E-state index is 13.3. The summed E-state index contributed by atoms with van der Waals surface area (Å²) in [6.07, 6.45) is 8.97. The van der Waals surface area contributed by atoms with Crippen LogP contribution in [0.3, 0.4) is 0 Å². The number of carbonyl (C=O) groups is 1. The molecule has 0 saturated heterocycles. The van der Waals surface area contributed by atoms with E-state index in [-0.39, 0.29) is 5.56 Å². The average molecular weight is 523 g/mol. The van der Waals surface area contributed by atoms with E-state index in [1.165, 1.54) is 60.5 Å². The van der Waals surface area contributed by atoms with Gasteiger partial charge in [0.2, 0.25) is 0 Å². The van der Waals surface area contributed by atoms with Crippen molar-refractivity contribution >= 4 is 22.9 Å². The van der Waals surface area contributed by atoms with E-state index >= 15 is 0 Å². The molecule has 3 heterocycles. The smallest absolute Gasteiger partial charge is 0.267 e. The van der Waals surface area contributed by atoms with Gasteiger partial charge in [-0.25, -0.2) is 13.9 Å². The van der Waals surface area contributed by atoms with Gasteiger partial charge < -0.3 is 11.1 Å². The second-order valence-electron chi connectivity index (χ2n) is 9.83. The number of aromatic nitrogens is 4. The second-order valence-corrected chi connectivity index (χ2v) is 9.83. The summed E-state index contributed by atoms with van der Waals surface area (Å²) in [6, 6.07) is 18.1. The van der Waals surface area contributed by atoms with Gasteiger partial charge in [0.1, 0.15) is 23.2 Å². The van der Waals surface area contributed by atoms with Gasteiger partial charge in [-0.3, -0.25) is 14.2 Å². The van der Waals surface area contributed by atoms with E-state index in [2.05, 4.69) is 21.5 Å². The van der Waals surface area contributed by atoms with Crippen molar-refractivity contribution in [2.24, 2.45) is 0 Å². The Kier molecular flexibility index (Phi) is 6.40. The van der Waals surface area contributed by atoms with Crippen LogP contribution in [0.4, 0.5) is 15.9 Å². The van der Waals surface area contributed by atoms with Gasteiger partial charge in [-0.1, -0.05) is 31.4 Å². The van der Waals surface area contributed by atoms with Gasteiger partial charge in [0.05, 0.1) is 0 Å². The van der Waals surface area contributed by atoms with Crippen molar-refractivity contribution in [3.05, 3.63) is 107 Å². The number of nitrogens with two attached hydrogens (primary N) is 1. The van der Waals surface area contributed by atoms with Crippen molar-refractivity contribution in [2.75, 3.05) is 11.1 Å². The van der Waals surface area contributed by atoms with E-state index in [1.54, 1.807) is 24.4 Å². The lowest BCUT2D eigenvalue weighted by Crippen LogP contribution is -2.27. The lowest BCUT2D eigenvalue weighted by atomic mass is 9.87. The average Bonchev–Trinajstić information content (AvgIpc) is 3.36. The van der Waals surface area contributed by atoms with Gasteiger partial charge in [0.25, 0.3) is 11.5 Å². The number of nitrogens with one attached hydrogen (secondary N) is 1. The highest BCUT2D eigenvalue weighted by Gasteiger charge is 2.23. The lowest BCUT2D eigenvalue weighted by Gasteiger charge is -2.21. The molecule has 0 unspecified atom stereocenters. The van der Waals surface area contributed by atoms with Crippen molar-refractivity contribution in [2.45, 2.75) is 38.0 Å². The number of anilines is 2. The van der Waals surface area contributed by atoms with E-state index in [4.69, 9.17) is 5.73 Å². The molecule has 0 aliphatic heterocycles. The molecule has 0 spiro atoms. The van der Waals surface area contributed by atoms with Crippen molar-refractivity contribution < 1.29 is 9.18 Å². The fourth-order valence-corrected chi connectivity index (χ4v) is 5.40. The summed E-state index contributed by atoms with van der Waals surface area (Å²) in [6.45, 7) is 0. The van der Waals surface area contributed by atoms with Crippen LogP contribution >= 0.6 is 0 Å². The Balaban J connectivity index is 1.27. The van der Waals surface area contributed by atoms with E-state index in [1.807, 2.05) is 16.6 Å². The van der Waals surface area contributed by atoms with Gasteiger partial charge in [-0.2, -0.15) is 5.10 Å². The first-order chi connectivity index (χ1) is 19.0. The van der Waals surface area contributed by atoms with Crippen LogP contribution in [0, 0.1) is 5.82 Å². The third-order valence-corrected chi connectivity index (χ3v) is 7.38. The number of pyridine rings is 1. The number of carbonyl (C=O) groups excluding carboxylic acids is 1. The summed E-state index contributed by atoms with van der Waals surface area (Å²) in [4.78, 5) is 30.2. The highest BCUT2D eigenvalue weighted by atomic mass is 19.1. The van der Waals surface area contributed by atoms with Crippen molar-refractivity contribution in [1.82, 2.24) is 19.2 Å². The number of fused-ring (bicyclic) bond motifs is 1. The van der Waals surface area contributed by atoms with Crippen LogP contribution in [-0.2, 0) is 0 Å². The number of amides is 1. The third-order valence-electron chi connectivity index (χ3n) is 7.38. The summed E-state index contributed by atoms with van der Waals surface area (Å²) in [7, 11) is 0. The monoisotopic (exact) mass is 522 g/mol. The molecule has 1 fully saturated rings. The van der Waals surface area contributed by atoms with Crippen LogP contribution in [0.1, 0.15) is 54.1 Å². The minimum Gasteiger partial charge on any atom is -0.382 e. The minimum absolute atomic E-state index is 0.0219. The summed E-state index contributed by atoms with van der Waals surface area (Å²) < 4.78 is 16.5. The van der Waals surface area contributed by atoms with Crippen molar-refractivity contribution in [1.29, 1.82) is 0 Å². The molecule has 196 valence electrons. The summed E-state index contributed by atoms with van der Waals surface area (Å²) >= 11 is 0. The Morgan fingerprint density at radius 2 is 1.74 bits per heavy atom. The van der Waals surface area contributed by atoms with Gasteiger partial charge in [0.15, 0.2) is 5.82 Å². The van der Waals surface area contributed by atoms with Crippen LogP contribution in [0.5, 0.6) is 0 Å². The van der Waals surface area contributed by atoms with Crippen LogP contribution in [0.25, 0.3) is 22.3 Å². The molecule has 5 aromatic rings. The second kappa shape index (κ2) is 10.2. The Labute approximate surface area is 223 Å². The Morgan fingerprint density at radius 1 is 1.00 bits per heavy atom. The molecular weight excluding hydrogens is 495 g/mol. The summed E-state index contributed by atoms with van der Waals surface area (Å²) in [5.41, 5.74) is 10.6. The van der Waals surface area contributed by atoms with E-state index in [0.717, 1.165) is 35.2 Å². The summed E-state index contributed by atoms with van der Waals surface area (Å²) in [5.74, 6) is -0.0905. The summed E-state index contributed by atoms with van der Waals surface area (Å²) in [5, 5.41) is 7.32.